The molecule has 0 radical (unpaired) electrons. The molecule has 1 N–H and O–H groups in total. The molecule has 0 aliphatic heterocycles. The number of fused-ring (bicyclic) bond motifs is 1. The summed E-state index contributed by atoms with van der Waals surface area (Å²) in [6.07, 6.45) is 2.02. The van der Waals surface area contributed by atoms with E-state index in [-0.39, 0.29) is 6.42 Å². The van der Waals surface area contributed by atoms with Gasteiger partial charge in [0.2, 0.25) is 0 Å². The third kappa shape index (κ3) is 3.88. The van der Waals surface area contributed by atoms with Gasteiger partial charge in [-0.25, -0.2) is 0 Å². The zero-order valence-corrected chi connectivity index (χ0v) is 16.4. The summed E-state index contributed by atoms with van der Waals surface area (Å²) in [4.78, 5) is 12.2. The maximum Gasteiger partial charge on any atom is 0.307 e. The molecule has 1 unspecified atom stereocenters. The van der Waals surface area contributed by atoms with Gasteiger partial charge in [0.05, 0.1) is 24.3 Å². The van der Waals surface area contributed by atoms with Crippen LogP contribution in [-0.2, 0) is 15.6 Å². The Morgan fingerprint density at radius 1 is 1.15 bits per heavy atom. The third-order valence-corrected chi connectivity index (χ3v) is 6.07. The van der Waals surface area contributed by atoms with Gasteiger partial charge in [0.15, 0.2) is 0 Å². The number of benzene rings is 2. The lowest BCUT2D eigenvalue weighted by atomic mass is 10.0. The highest BCUT2D eigenvalue weighted by atomic mass is 32.2. The number of carbonyl (C=O) groups is 1. The fourth-order valence-corrected chi connectivity index (χ4v) is 4.09. The molecule has 0 heterocycles. The van der Waals surface area contributed by atoms with Crippen LogP contribution < -0.4 is 4.74 Å². The number of aliphatic carboxylic acids is 1. The van der Waals surface area contributed by atoms with Gasteiger partial charge in [-0.1, -0.05) is 25.1 Å². The highest BCUT2D eigenvalue weighted by molar-refractivity contribution is 7.85. The molecule has 0 amide bonds. The van der Waals surface area contributed by atoms with E-state index in [2.05, 4.69) is 0 Å². The molecule has 4 nitrogen and oxygen atoms in total. The number of hydrogen-bond donors (Lipinski definition) is 1. The molecule has 0 bridgehead atoms. The van der Waals surface area contributed by atoms with Crippen molar-refractivity contribution in [3.05, 3.63) is 64.7 Å². The topological polar surface area (TPSA) is 63.6 Å². The molecular weight excluding hydrogens is 360 g/mol. The maximum atomic E-state index is 11.9. The zero-order chi connectivity index (χ0) is 19.6. The van der Waals surface area contributed by atoms with Crippen LogP contribution in [0.4, 0.5) is 0 Å². The molecule has 1 aliphatic carbocycles. The monoisotopic (exact) mass is 382 g/mol. The molecule has 2 aromatic carbocycles. The number of carboxylic acids is 1. The first kappa shape index (κ1) is 19.1. The van der Waals surface area contributed by atoms with Crippen molar-refractivity contribution in [1.29, 1.82) is 0 Å². The first-order valence-electron chi connectivity index (χ1n) is 8.75. The second-order valence-electron chi connectivity index (χ2n) is 6.35. The summed E-state index contributed by atoms with van der Waals surface area (Å²) in [5.41, 5.74) is 5.68. The maximum absolute atomic E-state index is 11.9. The molecule has 0 spiro atoms. The van der Waals surface area contributed by atoms with E-state index in [4.69, 9.17) is 4.74 Å². The van der Waals surface area contributed by atoms with E-state index >= 15 is 0 Å². The van der Waals surface area contributed by atoms with Crippen molar-refractivity contribution in [3.63, 3.8) is 0 Å². The molecule has 5 heteroatoms. The van der Waals surface area contributed by atoms with E-state index < -0.39 is 16.8 Å². The summed E-state index contributed by atoms with van der Waals surface area (Å²) in [6.45, 7) is 3.85. The Labute approximate surface area is 161 Å². The number of allylic oxidation sites excluding steroid dienone is 2. The van der Waals surface area contributed by atoms with E-state index in [1.54, 1.807) is 7.11 Å². The molecule has 0 aromatic heterocycles. The molecule has 0 saturated heterocycles. The van der Waals surface area contributed by atoms with Crippen LogP contribution in [0.3, 0.4) is 0 Å². The van der Waals surface area contributed by atoms with Gasteiger partial charge in [0, 0.05) is 10.6 Å². The fraction of sp³-hybridized carbons (Fsp3) is 0.227. The molecule has 1 aliphatic rings. The van der Waals surface area contributed by atoms with Gasteiger partial charge in [-0.3, -0.25) is 9.00 Å². The van der Waals surface area contributed by atoms with Crippen LogP contribution in [-0.4, -0.2) is 28.1 Å². The van der Waals surface area contributed by atoms with Gasteiger partial charge in [-0.2, -0.15) is 0 Å². The lowest BCUT2D eigenvalue weighted by molar-refractivity contribution is -0.135. The van der Waals surface area contributed by atoms with Crippen molar-refractivity contribution in [2.75, 3.05) is 12.9 Å². The minimum atomic E-state index is -0.971. The van der Waals surface area contributed by atoms with Crippen molar-refractivity contribution in [2.24, 2.45) is 0 Å². The largest absolute Gasteiger partial charge is 0.497 e. The molecular formula is C22H22O4S. The summed E-state index contributed by atoms with van der Waals surface area (Å²) in [5, 5.41) is 9.31. The molecule has 140 valence electrons. The highest BCUT2D eigenvalue weighted by Crippen LogP contribution is 2.44. The number of ether oxygens (including phenoxy) is 1. The Balaban J connectivity index is 2.07. The van der Waals surface area contributed by atoms with Crippen molar-refractivity contribution >= 4 is 34.0 Å². The first-order valence-corrected chi connectivity index (χ1v) is 10.1. The summed E-state index contributed by atoms with van der Waals surface area (Å²) in [5.74, 6) is 0.443. The predicted molar refractivity (Wildman–Crippen MR) is 109 cm³/mol. The Morgan fingerprint density at radius 2 is 1.85 bits per heavy atom. The second-order valence-corrected chi connectivity index (χ2v) is 8.09. The Hall–Kier alpha value is -2.66. The molecule has 2 aromatic rings. The minimum absolute atomic E-state index is 0.0300. The lowest BCUT2D eigenvalue weighted by Gasteiger charge is -2.07. The normalized spacial score (nSPS) is 15.7. The molecule has 3 rings (SSSR count). The second kappa shape index (κ2) is 7.92. The Morgan fingerprint density at radius 3 is 2.44 bits per heavy atom. The van der Waals surface area contributed by atoms with Crippen molar-refractivity contribution in [1.82, 2.24) is 0 Å². The first-order chi connectivity index (χ1) is 12.9. The van der Waals surface area contributed by atoms with E-state index in [1.165, 1.54) is 0 Å². The van der Waals surface area contributed by atoms with E-state index in [1.807, 2.05) is 62.4 Å². The standard InChI is InChI=1S/C22H22O4S/c1-4-27(25)17-8-5-15(6-9-17)11-19-14(2)20(13-22(23)24)21-12-16(26-3)7-10-18(19)21/h5-12H,4,13H2,1-3H3,(H,23,24). The summed E-state index contributed by atoms with van der Waals surface area (Å²) < 4.78 is 17.2. The smallest absolute Gasteiger partial charge is 0.307 e. The highest BCUT2D eigenvalue weighted by Gasteiger charge is 2.25. The van der Waals surface area contributed by atoms with Crippen molar-refractivity contribution < 1.29 is 18.8 Å². The molecule has 0 saturated carbocycles. The van der Waals surface area contributed by atoms with Crippen LogP contribution in [0.1, 0.15) is 37.0 Å². The zero-order valence-electron chi connectivity index (χ0n) is 15.6. The van der Waals surface area contributed by atoms with E-state index in [9.17, 15) is 14.1 Å². The van der Waals surface area contributed by atoms with Gasteiger partial charge in [0.1, 0.15) is 5.75 Å². The Kier molecular flexibility index (Phi) is 5.61. The van der Waals surface area contributed by atoms with Gasteiger partial charge in [0.25, 0.3) is 0 Å². The SMILES string of the molecule is CCS(=O)c1ccc(C=C2C(C)=C(CC(=O)O)c3cc(OC)ccc32)cc1. The average Bonchev–Trinajstić information content (AvgIpc) is 2.92. The number of methoxy groups -OCH3 is 1. The van der Waals surface area contributed by atoms with Crippen LogP contribution in [0.2, 0.25) is 0 Å². The fourth-order valence-electron chi connectivity index (χ4n) is 3.32. The summed E-state index contributed by atoms with van der Waals surface area (Å²) >= 11 is 0. The van der Waals surface area contributed by atoms with Crippen LogP contribution >= 0.6 is 0 Å². The third-order valence-electron chi connectivity index (χ3n) is 4.74. The minimum Gasteiger partial charge on any atom is -0.497 e. The molecule has 27 heavy (non-hydrogen) atoms. The molecule has 0 fully saturated rings. The van der Waals surface area contributed by atoms with Crippen LogP contribution in [0, 0.1) is 0 Å². The van der Waals surface area contributed by atoms with Gasteiger partial charge >= 0.3 is 5.97 Å². The van der Waals surface area contributed by atoms with Crippen molar-refractivity contribution in [3.8, 4) is 5.75 Å². The van der Waals surface area contributed by atoms with E-state index in [0.717, 1.165) is 38.3 Å². The number of carboxylic acid groups (broad SMARTS) is 1. The lowest BCUT2D eigenvalue weighted by Crippen LogP contribution is -1.97. The van der Waals surface area contributed by atoms with Crippen LogP contribution in [0.25, 0.3) is 17.2 Å². The van der Waals surface area contributed by atoms with Crippen LogP contribution in [0.15, 0.2) is 52.9 Å². The van der Waals surface area contributed by atoms with Crippen LogP contribution in [0.5, 0.6) is 5.75 Å². The summed E-state index contributed by atoms with van der Waals surface area (Å²) in [7, 11) is 0.629. The van der Waals surface area contributed by atoms with Gasteiger partial charge < -0.3 is 9.84 Å². The van der Waals surface area contributed by atoms with E-state index in [0.29, 0.717) is 11.5 Å². The van der Waals surface area contributed by atoms with Gasteiger partial charge in [-0.05, 0) is 70.7 Å². The predicted octanol–water partition coefficient (Wildman–Crippen LogP) is 4.63. The van der Waals surface area contributed by atoms with Gasteiger partial charge in [-0.15, -0.1) is 0 Å². The quantitative estimate of drug-likeness (QED) is 0.791. The average molecular weight is 382 g/mol. The summed E-state index contributed by atoms with van der Waals surface area (Å²) in [6, 6.07) is 13.4. The van der Waals surface area contributed by atoms with Crippen molar-refractivity contribution in [2.45, 2.75) is 25.2 Å². The number of rotatable bonds is 6. The Bertz CT molecular complexity index is 968. The molecule has 1 atom stereocenters. The number of hydrogen-bond acceptors (Lipinski definition) is 3.